The highest BCUT2D eigenvalue weighted by molar-refractivity contribution is 14.1. The molecule has 0 fully saturated rings. The van der Waals surface area contributed by atoms with Crippen LogP contribution in [0.15, 0.2) is 42.5 Å². The summed E-state index contributed by atoms with van der Waals surface area (Å²) in [5.74, 6) is -0.665. The van der Waals surface area contributed by atoms with Crippen molar-refractivity contribution in [1.29, 1.82) is 0 Å². The number of carbonyl (C=O) groups is 1. The van der Waals surface area contributed by atoms with E-state index >= 15 is 0 Å². The van der Waals surface area contributed by atoms with Gasteiger partial charge >= 0.3 is 6.18 Å². The number of carbonyl (C=O) groups excluding carboxylic acids is 1. The van der Waals surface area contributed by atoms with E-state index < -0.39 is 34.2 Å². The molecule has 0 saturated carbocycles. The molecule has 27 heavy (non-hydrogen) atoms. The molecule has 0 aliphatic heterocycles. The van der Waals surface area contributed by atoms with Crippen molar-refractivity contribution in [3.05, 3.63) is 57.2 Å². The lowest BCUT2D eigenvalue weighted by Gasteiger charge is -2.23. The highest BCUT2D eigenvalue weighted by atomic mass is 127. The van der Waals surface area contributed by atoms with Gasteiger partial charge in [-0.1, -0.05) is 6.07 Å². The molecule has 0 aliphatic carbocycles. The molecule has 0 radical (unpaired) electrons. The van der Waals surface area contributed by atoms with Crippen molar-refractivity contribution >= 4 is 49.9 Å². The number of aryl methyl sites for hydroxylation is 1. The number of alkyl halides is 3. The van der Waals surface area contributed by atoms with Gasteiger partial charge in [-0.2, -0.15) is 13.2 Å². The summed E-state index contributed by atoms with van der Waals surface area (Å²) in [6, 6.07) is 9.10. The second-order valence-electron chi connectivity index (χ2n) is 5.83. The molecule has 0 bridgehead atoms. The van der Waals surface area contributed by atoms with Gasteiger partial charge in [0.15, 0.2) is 0 Å². The molecule has 2 aromatic rings. The van der Waals surface area contributed by atoms with Crippen molar-refractivity contribution in [1.82, 2.24) is 0 Å². The number of nitrogens with zero attached hydrogens (tertiary/aromatic N) is 1. The Morgan fingerprint density at radius 2 is 1.85 bits per heavy atom. The second-order valence-corrected chi connectivity index (χ2v) is 8.98. The van der Waals surface area contributed by atoms with E-state index in [9.17, 15) is 26.4 Å². The molecule has 0 aliphatic rings. The predicted octanol–water partition coefficient (Wildman–Crippen LogP) is 4.02. The molecule has 1 amide bonds. The third-order valence-corrected chi connectivity index (χ3v) is 5.42. The van der Waals surface area contributed by atoms with E-state index in [0.29, 0.717) is 16.1 Å². The molecule has 0 spiro atoms. The number of rotatable bonds is 5. The van der Waals surface area contributed by atoms with Crippen LogP contribution in [0.5, 0.6) is 0 Å². The van der Waals surface area contributed by atoms with Crippen LogP contribution in [0.1, 0.15) is 11.1 Å². The highest BCUT2D eigenvalue weighted by Crippen LogP contribution is 2.32. The van der Waals surface area contributed by atoms with Crippen LogP contribution < -0.4 is 9.62 Å². The van der Waals surface area contributed by atoms with E-state index in [0.717, 1.165) is 27.5 Å². The monoisotopic (exact) mass is 512 g/mol. The molecule has 2 aromatic carbocycles. The van der Waals surface area contributed by atoms with Crippen LogP contribution in [-0.4, -0.2) is 27.1 Å². The largest absolute Gasteiger partial charge is 0.416 e. The lowest BCUT2D eigenvalue weighted by molar-refractivity contribution is -0.137. The average molecular weight is 512 g/mol. The molecule has 0 unspecified atom stereocenters. The van der Waals surface area contributed by atoms with Gasteiger partial charge in [-0.3, -0.25) is 9.10 Å². The van der Waals surface area contributed by atoms with Gasteiger partial charge in [-0.15, -0.1) is 0 Å². The Hall–Kier alpha value is -1.82. The Morgan fingerprint density at radius 1 is 1.19 bits per heavy atom. The zero-order chi connectivity index (χ0) is 20.4. The summed E-state index contributed by atoms with van der Waals surface area (Å²) in [4.78, 5) is 12.3. The first-order valence-electron chi connectivity index (χ1n) is 7.59. The van der Waals surface area contributed by atoms with Gasteiger partial charge in [0, 0.05) is 9.26 Å². The minimum absolute atomic E-state index is 0.234. The second kappa shape index (κ2) is 8.05. The highest BCUT2D eigenvalue weighted by Gasteiger charge is 2.32. The number of benzene rings is 2. The maximum Gasteiger partial charge on any atom is 0.416 e. The van der Waals surface area contributed by atoms with Crippen LogP contribution in [-0.2, 0) is 21.0 Å². The first kappa shape index (κ1) is 21.5. The van der Waals surface area contributed by atoms with E-state index in [1.807, 2.05) is 6.07 Å². The van der Waals surface area contributed by atoms with Gasteiger partial charge in [0.05, 0.1) is 17.5 Å². The third-order valence-electron chi connectivity index (χ3n) is 3.61. The minimum Gasteiger partial charge on any atom is -0.324 e. The van der Waals surface area contributed by atoms with Crippen molar-refractivity contribution in [3.8, 4) is 0 Å². The third kappa shape index (κ3) is 5.83. The Kier molecular flexibility index (Phi) is 6.40. The van der Waals surface area contributed by atoms with Crippen molar-refractivity contribution < 1.29 is 26.4 Å². The number of sulfonamides is 1. The SMILES string of the molecule is Cc1cc(I)ccc1NC(=O)CN(c1cccc(C(F)(F)F)c1)S(C)(=O)=O. The van der Waals surface area contributed by atoms with Gasteiger partial charge in [0.2, 0.25) is 15.9 Å². The fraction of sp³-hybridized carbons (Fsp3) is 0.235. The normalized spacial score (nSPS) is 11.9. The molecule has 0 aromatic heterocycles. The first-order chi connectivity index (χ1) is 12.4. The number of anilines is 2. The Balaban J connectivity index is 2.29. The van der Waals surface area contributed by atoms with Crippen LogP contribution in [0.2, 0.25) is 0 Å². The molecule has 1 N–H and O–H groups in total. The van der Waals surface area contributed by atoms with Gasteiger partial charge in [0.1, 0.15) is 6.54 Å². The van der Waals surface area contributed by atoms with Crippen molar-refractivity contribution in [2.45, 2.75) is 13.1 Å². The molecule has 10 heteroatoms. The summed E-state index contributed by atoms with van der Waals surface area (Å²) in [5.41, 5.74) is 0.0440. The summed E-state index contributed by atoms with van der Waals surface area (Å²) < 4.78 is 64.4. The summed E-state index contributed by atoms with van der Waals surface area (Å²) >= 11 is 2.11. The lowest BCUT2D eigenvalue weighted by atomic mass is 10.2. The molecule has 0 atom stereocenters. The average Bonchev–Trinajstić information content (AvgIpc) is 2.53. The van der Waals surface area contributed by atoms with E-state index in [1.165, 1.54) is 6.07 Å². The summed E-state index contributed by atoms with van der Waals surface area (Å²) in [6.45, 7) is 1.13. The number of hydrogen-bond donors (Lipinski definition) is 1. The van der Waals surface area contributed by atoms with Crippen LogP contribution in [0.25, 0.3) is 0 Å². The van der Waals surface area contributed by atoms with E-state index in [1.54, 1.807) is 19.1 Å². The van der Waals surface area contributed by atoms with E-state index in [-0.39, 0.29) is 5.69 Å². The summed E-state index contributed by atoms with van der Waals surface area (Å²) in [7, 11) is -3.98. The Labute approximate surface area is 168 Å². The van der Waals surface area contributed by atoms with Gasteiger partial charge in [-0.05, 0) is 71.5 Å². The molecular weight excluding hydrogens is 496 g/mol. The number of hydrogen-bond acceptors (Lipinski definition) is 3. The topological polar surface area (TPSA) is 66.5 Å². The van der Waals surface area contributed by atoms with Gasteiger partial charge < -0.3 is 5.32 Å². The van der Waals surface area contributed by atoms with Crippen molar-refractivity contribution in [2.75, 3.05) is 22.4 Å². The van der Waals surface area contributed by atoms with Crippen LogP contribution in [0.4, 0.5) is 24.5 Å². The quantitative estimate of drug-likeness (QED) is 0.616. The Bertz CT molecular complexity index is 962. The van der Waals surface area contributed by atoms with Crippen LogP contribution in [0.3, 0.4) is 0 Å². The van der Waals surface area contributed by atoms with Crippen LogP contribution >= 0.6 is 22.6 Å². The number of amides is 1. The van der Waals surface area contributed by atoms with Crippen LogP contribution in [0, 0.1) is 10.5 Å². The standard InChI is InChI=1S/C17H16F3IN2O3S/c1-11-8-13(21)6-7-15(11)22-16(24)10-23(27(2,25)26)14-5-3-4-12(9-14)17(18,19)20/h3-9H,10H2,1-2H3,(H,22,24). The van der Waals surface area contributed by atoms with Gasteiger partial charge in [-0.25, -0.2) is 8.42 Å². The Morgan fingerprint density at radius 3 is 2.41 bits per heavy atom. The van der Waals surface area contributed by atoms with Gasteiger partial charge in [0.25, 0.3) is 0 Å². The molecular formula is C17H16F3IN2O3S. The first-order valence-corrected chi connectivity index (χ1v) is 10.5. The van der Waals surface area contributed by atoms with Crippen molar-refractivity contribution in [2.24, 2.45) is 0 Å². The molecule has 5 nitrogen and oxygen atoms in total. The molecule has 2 rings (SSSR count). The minimum atomic E-state index is -4.63. The molecule has 146 valence electrons. The lowest BCUT2D eigenvalue weighted by Crippen LogP contribution is -2.37. The molecule has 0 saturated heterocycles. The fourth-order valence-electron chi connectivity index (χ4n) is 2.32. The van der Waals surface area contributed by atoms with E-state index in [4.69, 9.17) is 0 Å². The summed E-state index contributed by atoms with van der Waals surface area (Å²) in [6.07, 6.45) is -3.80. The number of nitrogens with one attached hydrogen (secondary N) is 1. The zero-order valence-corrected chi connectivity index (χ0v) is 17.3. The smallest absolute Gasteiger partial charge is 0.324 e. The predicted molar refractivity (Wildman–Crippen MR) is 106 cm³/mol. The molecule has 0 heterocycles. The number of halogens is 4. The zero-order valence-electron chi connectivity index (χ0n) is 14.3. The van der Waals surface area contributed by atoms with E-state index in [2.05, 4.69) is 27.9 Å². The van der Waals surface area contributed by atoms with Crippen molar-refractivity contribution in [3.63, 3.8) is 0 Å². The fourth-order valence-corrected chi connectivity index (χ4v) is 3.82. The summed E-state index contributed by atoms with van der Waals surface area (Å²) in [5, 5.41) is 2.58. The maximum absolute atomic E-state index is 12.9. The maximum atomic E-state index is 12.9.